The van der Waals surface area contributed by atoms with E-state index in [-0.39, 0.29) is 6.04 Å². The smallest absolute Gasteiger partial charge is 0.0690 e. The average Bonchev–Trinajstić information content (AvgIpc) is 3.08. The van der Waals surface area contributed by atoms with Crippen LogP contribution in [-0.2, 0) is 6.54 Å². The summed E-state index contributed by atoms with van der Waals surface area (Å²) in [4.78, 5) is 4.16. The lowest BCUT2D eigenvalue weighted by Gasteiger charge is -2.16. The summed E-state index contributed by atoms with van der Waals surface area (Å²) < 4.78 is 1.89. The third kappa shape index (κ3) is 3.17. The van der Waals surface area contributed by atoms with Gasteiger partial charge in [-0.3, -0.25) is 4.98 Å². The molecule has 0 fully saturated rings. The minimum atomic E-state index is 0.254. The molecule has 2 heterocycles. The fourth-order valence-corrected chi connectivity index (χ4v) is 2.31. The summed E-state index contributed by atoms with van der Waals surface area (Å²) in [6, 6.07) is 14.5. The maximum atomic E-state index is 4.31. The van der Waals surface area contributed by atoms with Crippen LogP contribution in [0.3, 0.4) is 0 Å². The molecule has 0 saturated carbocycles. The van der Waals surface area contributed by atoms with Gasteiger partial charge >= 0.3 is 0 Å². The number of nitrogens with zero attached hydrogens (tertiary/aromatic N) is 3. The van der Waals surface area contributed by atoms with Crippen molar-refractivity contribution in [2.45, 2.75) is 19.5 Å². The number of hydrogen-bond acceptors (Lipinski definition) is 3. The first-order valence-electron chi connectivity index (χ1n) is 7.06. The third-order valence-corrected chi connectivity index (χ3v) is 3.53. The summed E-state index contributed by atoms with van der Waals surface area (Å²) in [5.74, 6) is 0. The monoisotopic (exact) mass is 278 g/mol. The number of pyridine rings is 1. The number of para-hydroxylation sites is 1. The van der Waals surface area contributed by atoms with Crippen molar-refractivity contribution in [1.29, 1.82) is 0 Å². The summed E-state index contributed by atoms with van der Waals surface area (Å²) >= 11 is 0. The lowest BCUT2D eigenvalue weighted by atomic mass is 10.1. The zero-order chi connectivity index (χ0) is 14.5. The number of aromatic nitrogens is 3. The average molecular weight is 278 g/mol. The molecule has 0 amide bonds. The molecule has 3 rings (SSSR count). The normalized spacial score (nSPS) is 12.2. The highest BCUT2D eigenvalue weighted by Crippen LogP contribution is 2.16. The van der Waals surface area contributed by atoms with Gasteiger partial charge in [0.1, 0.15) is 0 Å². The summed E-state index contributed by atoms with van der Waals surface area (Å²) in [6.45, 7) is 2.93. The lowest BCUT2D eigenvalue weighted by Crippen LogP contribution is -2.19. The van der Waals surface area contributed by atoms with Crippen LogP contribution in [0.15, 0.2) is 67.3 Å². The summed E-state index contributed by atoms with van der Waals surface area (Å²) in [5, 5.41) is 7.85. The Balaban J connectivity index is 1.74. The Morgan fingerprint density at radius 3 is 2.76 bits per heavy atom. The molecule has 4 nitrogen and oxygen atoms in total. The first-order chi connectivity index (χ1) is 10.3. The zero-order valence-corrected chi connectivity index (χ0v) is 12.0. The Bertz CT molecular complexity index is 677. The van der Waals surface area contributed by atoms with Gasteiger partial charge in [0.2, 0.25) is 0 Å². The topological polar surface area (TPSA) is 42.7 Å². The van der Waals surface area contributed by atoms with Gasteiger partial charge in [0, 0.05) is 37.4 Å². The molecule has 1 unspecified atom stereocenters. The molecular formula is C17H18N4. The molecule has 3 aromatic rings. The molecule has 1 atom stereocenters. The Kier molecular flexibility index (Phi) is 4.07. The van der Waals surface area contributed by atoms with E-state index in [9.17, 15) is 0 Å². The number of nitrogens with one attached hydrogen (secondary N) is 1. The maximum Gasteiger partial charge on any atom is 0.0690 e. The van der Waals surface area contributed by atoms with Crippen LogP contribution in [0.4, 0.5) is 0 Å². The van der Waals surface area contributed by atoms with Crippen molar-refractivity contribution in [2.75, 3.05) is 0 Å². The van der Waals surface area contributed by atoms with E-state index in [1.54, 1.807) is 12.4 Å². The van der Waals surface area contributed by atoms with Crippen molar-refractivity contribution in [3.63, 3.8) is 0 Å². The van der Waals surface area contributed by atoms with Crippen LogP contribution in [0.25, 0.3) is 5.69 Å². The van der Waals surface area contributed by atoms with Crippen molar-refractivity contribution in [1.82, 2.24) is 20.1 Å². The van der Waals surface area contributed by atoms with Gasteiger partial charge in [0.15, 0.2) is 0 Å². The molecule has 0 saturated heterocycles. The minimum absolute atomic E-state index is 0.254. The molecule has 0 aliphatic carbocycles. The van der Waals surface area contributed by atoms with Crippen molar-refractivity contribution in [3.8, 4) is 5.69 Å². The predicted molar refractivity (Wildman–Crippen MR) is 83.1 cm³/mol. The molecule has 0 radical (unpaired) electrons. The Morgan fingerprint density at radius 2 is 2.00 bits per heavy atom. The Labute approximate surface area is 124 Å². The largest absolute Gasteiger partial charge is 0.306 e. The highest BCUT2D eigenvalue weighted by molar-refractivity contribution is 5.40. The van der Waals surface area contributed by atoms with E-state index in [1.165, 1.54) is 11.1 Å². The van der Waals surface area contributed by atoms with Crippen LogP contribution in [0.1, 0.15) is 24.1 Å². The van der Waals surface area contributed by atoms with Gasteiger partial charge in [0.05, 0.1) is 5.69 Å². The van der Waals surface area contributed by atoms with Crippen LogP contribution in [-0.4, -0.2) is 14.8 Å². The molecule has 1 N–H and O–H groups in total. The predicted octanol–water partition coefficient (Wildman–Crippen LogP) is 3.12. The molecule has 0 bridgehead atoms. The first-order valence-corrected chi connectivity index (χ1v) is 7.06. The van der Waals surface area contributed by atoms with Crippen LogP contribution < -0.4 is 5.32 Å². The highest BCUT2D eigenvalue weighted by Gasteiger charge is 2.08. The zero-order valence-electron chi connectivity index (χ0n) is 12.0. The number of hydrogen-bond donors (Lipinski definition) is 1. The molecule has 2 aromatic heterocycles. The fourth-order valence-electron chi connectivity index (χ4n) is 2.31. The fraction of sp³-hybridized carbons (Fsp3) is 0.176. The van der Waals surface area contributed by atoms with Crippen molar-refractivity contribution in [3.05, 3.63) is 78.4 Å². The van der Waals surface area contributed by atoms with Gasteiger partial charge in [-0.05, 0) is 36.2 Å². The summed E-state index contributed by atoms with van der Waals surface area (Å²) in [5.41, 5.74) is 3.51. The molecule has 1 aromatic carbocycles. The van der Waals surface area contributed by atoms with Gasteiger partial charge in [-0.1, -0.05) is 24.3 Å². The number of benzene rings is 1. The second-order valence-corrected chi connectivity index (χ2v) is 4.97. The van der Waals surface area contributed by atoms with Gasteiger partial charge in [-0.2, -0.15) is 5.10 Å². The van der Waals surface area contributed by atoms with Crippen molar-refractivity contribution >= 4 is 0 Å². The second kappa shape index (κ2) is 6.33. The van der Waals surface area contributed by atoms with Crippen LogP contribution in [0.2, 0.25) is 0 Å². The molecule has 0 aliphatic heterocycles. The van der Waals surface area contributed by atoms with E-state index in [0.717, 1.165) is 12.2 Å². The number of rotatable bonds is 5. The first kappa shape index (κ1) is 13.5. The van der Waals surface area contributed by atoms with Crippen molar-refractivity contribution in [2.24, 2.45) is 0 Å². The van der Waals surface area contributed by atoms with Crippen LogP contribution in [0, 0.1) is 0 Å². The van der Waals surface area contributed by atoms with E-state index in [2.05, 4.69) is 46.6 Å². The molecule has 106 valence electrons. The van der Waals surface area contributed by atoms with E-state index >= 15 is 0 Å². The minimum Gasteiger partial charge on any atom is -0.306 e. The maximum absolute atomic E-state index is 4.31. The summed E-state index contributed by atoms with van der Waals surface area (Å²) in [7, 11) is 0. The van der Waals surface area contributed by atoms with Crippen LogP contribution >= 0.6 is 0 Å². The highest BCUT2D eigenvalue weighted by atomic mass is 15.3. The van der Waals surface area contributed by atoms with Crippen molar-refractivity contribution < 1.29 is 0 Å². The van der Waals surface area contributed by atoms with E-state index in [0.29, 0.717) is 0 Å². The molecule has 0 spiro atoms. The summed E-state index contributed by atoms with van der Waals surface area (Å²) in [6.07, 6.45) is 7.45. The SMILES string of the molecule is CC(NCc1ccccc1-n1cccn1)c1cccnc1. The van der Waals surface area contributed by atoms with E-state index in [4.69, 9.17) is 0 Å². The standard InChI is InChI=1S/C17H18N4/c1-14(15-7-4-9-18-12-15)19-13-16-6-2-3-8-17(16)21-11-5-10-20-21/h2-12,14,19H,13H2,1H3. The second-order valence-electron chi connectivity index (χ2n) is 4.97. The Hall–Kier alpha value is -2.46. The molecule has 4 heteroatoms. The Morgan fingerprint density at radius 1 is 1.10 bits per heavy atom. The molecule has 21 heavy (non-hydrogen) atoms. The van der Waals surface area contributed by atoms with Gasteiger partial charge in [-0.15, -0.1) is 0 Å². The van der Waals surface area contributed by atoms with E-state index < -0.39 is 0 Å². The molecule has 0 aliphatic rings. The quantitative estimate of drug-likeness (QED) is 0.779. The lowest BCUT2D eigenvalue weighted by molar-refractivity contribution is 0.571. The van der Waals surface area contributed by atoms with Gasteiger partial charge in [-0.25, -0.2) is 4.68 Å². The van der Waals surface area contributed by atoms with Gasteiger partial charge in [0.25, 0.3) is 0 Å². The molecular weight excluding hydrogens is 260 g/mol. The van der Waals surface area contributed by atoms with E-state index in [1.807, 2.05) is 35.3 Å². The third-order valence-electron chi connectivity index (χ3n) is 3.53. The van der Waals surface area contributed by atoms with Crippen LogP contribution in [0.5, 0.6) is 0 Å². The van der Waals surface area contributed by atoms with Gasteiger partial charge < -0.3 is 5.32 Å².